The van der Waals surface area contributed by atoms with Gasteiger partial charge < -0.3 is 15.3 Å². The van der Waals surface area contributed by atoms with E-state index in [2.05, 4.69) is 30.4 Å². The maximum Gasteiger partial charge on any atom is 0.338 e. The molecule has 0 saturated carbocycles. The zero-order chi connectivity index (χ0) is 21.1. The van der Waals surface area contributed by atoms with Crippen molar-refractivity contribution >= 4 is 17.8 Å². The van der Waals surface area contributed by atoms with Crippen LogP contribution in [0.3, 0.4) is 0 Å². The molecule has 1 fully saturated rings. The fourth-order valence-electron chi connectivity index (χ4n) is 3.14. The standard InChI is InChI=1S/C18H18N8O4/c27-14(13-10-21-18(24-15(13)28)26-5-1-4-22-26)23-12-2-6-25(7-3-12)17-19-8-11(9-20-17)16(29)30/h1,4-5,8-10,12H,2-3,6-7H2,(H,23,27)(H,29,30)(H,21,24,28). The highest BCUT2D eigenvalue weighted by molar-refractivity contribution is 5.93. The van der Waals surface area contributed by atoms with Crippen molar-refractivity contribution < 1.29 is 14.7 Å². The molecule has 0 radical (unpaired) electrons. The van der Waals surface area contributed by atoms with Gasteiger partial charge in [-0.05, 0) is 18.9 Å². The molecule has 0 spiro atoms. The summed E-state index contributed by atoms with van der Waals surface area (Å²) < 4.78 is 1.39. The molecule has 0 bridgehead atoms. The highest BCUT2D eigenvalue weighted by Crippen LogP contribution is 2.16. The predicted molar refractivity (Wildman–Crippen MR) is 104 cm³/mol. The number of nitrogens with zero attached hydrogens (tertiary/aromatic N) is 6. The summed E-state index contributed by atoms with van der Waals surface area (Å²) >= 11 is 0. The number of amides is 1. The molecule has 3 aromatic rings. The number of aromatic nitrogens is 6. The highest BCUT2D eigenvalue weighted by Gasteiger charge is 2.24. The molecular weight excluding hydrogens is 392 g/mol. The van der Waals surface area contributed by atoms with Crippen LogP contribution < -0.4 is 15.8 Å². The molecule has 1 aliphatic rings. The molecule has 1 amide bonds. The fraction of sp³-hybridized carbons (Fsp3) is 0.278. The second-order valence-electron chi connectivity index (χ2n) is 6.71. The normalized spacial score (nSPS) is 14.5. The first-order chi connectivity index (χ1) is 14.5. The second-order valence-corrected chi connectivity index (χ2v) is 6.71. The quantitative estimate of drug-likeness (QED) is 0.519. The minimum absolute atomic E-state index is 0.0262. The molecule has 0 aliphatic carbocycles. The van der Waals surface area contributed by atoms with E-state index < -0.39 is 17.4 Å². The lowest BCUT2D eigenvalue weighted by molar-refractivity contribution is 0.0695. The van der Waals surface area contributed by atoms with Gasteiger partial charge in [-0.15, -0.1) is 0 Å². The molecule has 4 rings (SSSR count). The lowest BCUT2D eigenvalue weighted by atomic mass is 10.0. The molecule has 4 heterocycles. The van der Waals surface area contributed by atoms with E-state index in [0.717, 1.165) is 0 Å². The molecule has 30 heavy (non-hydrogen) atoms. The summed E-state index contributed by atoms with van der Waals surface area (Å²) in [7, 11) is 0. The van der Waals surface area contributed by atoms with Crippen molar-refractivity contribution in [2.45, 2.75) is 18.9 Å². The lowest BCUT2D eigenvalue weighted by Crippen LogP contribution is -2.46. The van der Waals surface area contributed by atoms with Crippen LogP contribution in [-0.4, -0.2) is 65.8 Å². The number of carboxylic acid groups (broad SMARTS) is 1. The number of aromatic amines is 1. The number of piperidine rings is 1. The maximum atomic E-state index is 12.5. The number of hydrogen-bond acceptors (Lipinski definition) is 8. The molecule has 154 valence electrons. The molecule has 1 saturated heterocycles. The van der Waals surface area contributed by atoms with E-state index in [-0.39, 0.29) is 23.1 Å². The van der Waals surface area contributed by atoms with Crippen LogP contribution >= 0.6 is 0 Å². The number of carboxylic acids is 1. The van der Waals surface area contributed by atoms with E-state index >= 15 is 0 Å². The van der Waals surface area contributed by atoms with Crippen LogP contribution in [0.15, 0.2) is 41.8 Å². The van der Waals surface area contributed by atoms with Crippen LogP contribution in [0, 0.1) is 0 Å². The number of anilines is 1. The van der Waals surface area contributed by atoms with Crippen molar-refractivity contribution in [1.82, 2.24) is 35.0 Å². The lowest BCUT2D eigenvalue weighted by Gasteiger charge is -2.32. The zero-order valence-electron chi connectivity index (χ0n) is 15.7. The number of carbonyl (C=O) groups is 2. The summed E-state index contributed by atoms with van der Waals surface area (Å²) in [4.78, 5) is 52.4. The van der Waals surface area contributed by atoms with Gasteiger partial charge in [-0.2, -0.15) is 5.10 Å². The summed E-state index contributed by atoms with van der Waals surface area (Å²) in [6, 6.07) is 1.58. The van der Waals surface area contributed by atoms with E-state index in [1.54, 1.807) is 18.5 Å². The number of aromatic carboxylic acids is 1. The first-order valence-electron chi connectivity index (χ1n) is 9.22. The molecular formula is C18H18N8O4. The average Bonchev–Trinajstić information content (AvgIpc) is 3.29. The van der Waals surface area contributed by atoms with Gasteiger partial charge in [-0.25, -0.2) is 24.4 Å². The van der Waals surface area contributed by atoms with Crippen LogP contribution in [0.1, 0.15) is 33.6 Å². The van der Waals surface area contributed by atoms with Gasteiger partial charge >= 0.3 is 5.97 Å². The molecule has 12 heteroatoms. The van der Waals surface area contributed by atoms with Crippen LogP contribution in [0.4, 0.5) is 5.95 Å². The number of rotatable bonds is 5. The minimum Gasteiger partial charge on any atom is -0.478 e. The van der Waals surface area contributed by atoms with E-state index in [4.69, 9.17) is 5.11 Å². The van der Waals surface area contributed by atoms with E-state index in [0.29, 0.717) is 31.9 Å². The second kappa shape index (κ2) is 8.11. The van der Waals surface area contributed by atoms with Crippen LogP contribution in [-0.2, 0) is 0 Å². The number of carbonyl (C=O) groups excluding carboxylic acids is 1. The molecule has 3 aromatic heterocycles. The van der Waals surface area contributed by atoms with Crippen molar-refractivity contribution in [3.8, 4) is 5.95 Å². The Morgan fingerprint density at radius 2 is 1.87 bits per heavy atom. The van der Waals surface area contributed by atoms with Gasteiger partial charge in [0.05, 0.1) is 5.56 Å². The fourth-order valence-corrected chi connectivity index (χ4v) is 3.14. The third-order valence-corrected chi connectivity index (χ3v) is 4.75. The van der Waals surface area contributed by atoms with Crippen molar-refractivity contribution in [2.75, 3.05) is 18.0 Å². The van der Waals surface area contributed by atoms with E-state index in [1.807, 2.05) is 4.90 Å². The maximum absolute atomic E-state index is 12.5. The third-order valence-electron chi connectivity index (χ3n) is 4.75. The Labute approximate surface area is 169 Å². The summed E-state index contributed by atoms with van der Waals surface area (Å²) in [5.41, 5.74) is -0.586. The molecule has 0 atom stereocenters. The van der Waals surface area contributed by atoms with Gasteiger partial charge in [-0.1, -0.05) is 0 Å². The number of H-pyrrole nitrogens is 1. The summed E-state index contributed by atoms with van der Waals surface area (Å²) in [6.45, 7) is 1.18. The van der Waals surface area contributed by atoms with Crippen molar-refractivity contribution in [1.29, 1.82) is 0 Å². The van der Waals surface area contributed by atoms with Gasteiger partial charge in [-0.3, -0.25) is 14.6 Å². The van der Waals surface area contributed by atoms with Gasteiger partial charge in [0.2, 0.25) is 11.9 Å². The van der Waals surface area contributed by atoms with Crippen molar-refractivity contribution in [3.63, 3.8) is 0 Å². The Morgan fingerprint density at radius 1 is 1.13 bits per heavy atom. The highest BCUT2D eigenvalue weighted by atomic mass is 16.4. The Hall–Kier alpha value is -4.09. The minimum atomic E-state index is -1.08. The third kappa shape index (κ3) is 4.01. The van der Waals surface area contributed by atoms with Gasteiger partial charge in [0.25, 0.3) is 11.5 Å². The summed E-state index contributed by atoms with van der Waals surface area (Å²) in [5.74, 6) is -0.898. The van der Waals surface area contributed by atoms with E-state index in [9.17, 15) is 14.4 Å². The Morgan fingerprint density at radius 3 is 2.47 bits per heavy atom. The molecule has 3 N–H and O–H groups in total. The summed E-state index contributed by atoms with van der Waals surface area (Å²) in [5, 5.41) is 15.8. The summed E-state index contributed by atoms with van der Waals surface area (Å²) in [6.07, 6.45) is 8.22. The monoisotopic (exact) mass is 410 g/mol. The van der Waals surface area contributed by atoms with Crippen molar-refractivity contribution in [2.24, 2.45) is 0 Å². The van der Waals surface area contributed by atoms with E-state index in [1.165, 1.54) is 23.3 Å². The molecule has 0 aromatic carbocycles. The van der Waals surface area contributed by atoms with Crippen LogP contribution in [0.5, 0.6) is 0 Å². The Kier molecular flexibility index (Phi) is 5.20. The largest absolute Gasteiger partial charge is 0.478 e. The first kappa shape index (κ1) is 19.2. The average molecular weight is 410 g/mol. The number of hydrogen-bond donors (Lipinski definition) is 3. The number of nitrogens with one attached hydrogen (secondary N) is 2. The van der Waals surface area contributed by atoms with Crippen molar-refractivity contribution in [3.05, 3.63) is 58.5 Å². The van der Waals surface area contributed by atoms with Gasteiger partial charge in [0.15, 0.2) is 0 Å². The Bertz CT molecular complexity index is 1100. The molecule has 0 unspecified atom stereocenters. The smallest absolute Gasteiger partial charge is 0.338 e. The van der Waals surface area contributed by atoms with Gasteiger partial charge in [0.1, 0.15) is 5.56 Å². The van der Waals surface area contributed by atoms with Crippen LogP contribution in [0.25, 0.3) is 5.95 Å². The molecule has 1 aliphatic heterocycles. The zero-order valence-corrected chi connectivity index (χ0v) is 15.7. The molecule has 12 nitrogen and oxygen atoms in total. The Balaban J connectivity index is 1.35. The first-order valence-corrected chi connectivity index (χ1v) is 9.22. The topological polar surface area (TPSA) is 159 Å². The predicted octanol–water partition coefficient (Wildman–Crippen LogP) is -0.157. The van der Waals surface area contributed by atoms with Gasteiger partial charge in [0, 0.05) is 50.1 Å². The SMILES string of the molecule is O=C(O)c1cnc(N2CCC(NC(=O)c3cnc(-n4cccn4)[nH]c3=O)CC2)nc1. The van der Waals surface area contributed by atoms with Crippen LogP contribution in [0.2, 0.25) is 0 Å².